The average Bonchev–Trinajstić information content (AvgIpc) is 3.20. The van der Waals surface area contributed by atoms with Crippen LogP contribution in [0.1, 0.15) is 25.0 Å². The van der Waals surface area contributed by atoms with Gasteiger partial charge < -0.3 is 14.8 Å². The number of aryl methyl sites for hydroxylation is 1. The zero-order valence-corrected chi connectivity index (χ0v) is 17.2. The molecule has 1 aliphatic rings. The van der Waals surface area contributed by atoms with Crippen LogP contribution in [0.5, 0.6) is 0 Å². The molecule has 1 fully saturated rings. The molecular weight excluding hydrogens is 376 g/mol. The summed E-state index contributed by atoms with van der Waals surface area (Å²) in [4.78, 5) is 31.0. The lowest BCUT2D eigenvalue weighted by Crippen LogP contribution is -2.46. The van der Waals surface area contributed by atoms with Gasteiger partial charge in [0.1, 0.15) is 0 Å². The van der Waals surface area contributed by atoms with Crippen LogP contribution in [0.15, 0.2) is 60.9 Å². The maximum Gasteiger partial charge on any atom is 0.224 e. The fourth-order valence-corrected chi connectivity index (χ4v) is 4.08. The molecule has 30 heavy (non-hydrogen) atoms. The molecule has 1 aliphatic heterocycles. The second kappa shape index (κ2) is 9.57. The van der Waals surface area contributed by atoms with Crippen LogP contribution in [0.25, 0.3) is 10.9 Å². The minimum Gasteiger partial charge on any atom is -0.356 e. The minimum absolute atomic E-state index is 0.0581. The van der Waals surface area contributed by atoms with E-state index in [4.69, 9.17) is 0 Å². The molecule has 1 N–H and O–H groups in total. The quantitative estimate of drug-likeness (QED) is 0.587. The lowest BCUT2D eigenvalue weighted by atomic mass is 9.96. The molecule has 3 heterocycles. The second-order valence-electron chi connectivity index (χ2n) is 7.86. The van der Waals surface area contributed by atoms with Crippen LogP contribution in [0.4, 0.5) is 0 Å². The Hall–Kier alpha value is -3.15. The third-order valence-electron chi connectivity index (χ3n) is 5.79. The van der Waals surface area contributed by atoms with E-state index in [1.54, 1.807) is 6.20 Å². The molecule has 1 atom stereocenters. The van der Waals surface area contributed by atoms with Gasteiger partial charge in [0.2, 0.25) is 11.8 Å². The van der Waals surface area contributed by atoms with E-state index in [0.717, 1.165) is 18.7 Å². The highest BCUT2D eigenvalue weighted by atomic mass is 16.2. The fourth-order valence-electron chi connectivity index (χ4n) is 4.08. The van der Waals surface area contributed by atoms with Crippen molar-refractivity contribution >= 4 is 22.7 Å². The highest BCUT2D eigenvalue weighted by molar-refractivity contribution is 5.83. The van der Waals surface area contributed by atoms with Crippen molar-refractivity contribution in [2.45, 2.75) is 32.2 Å². The van der Waals surface area contributed by atoms with Gasteiger partial charge in [-0.15, -0.1) is 0 Å². The number of carbonyl (C=O) groups excluding carboxylic acids is 2. The molecule has 6 heteroatoms. The predicted octanol–water partition coefficient (Wildman–Crippen LogP) is 3.02. The van der Waals surface area contributed by atoms with E-state index < -0.39 is 0 Å². The fraction of sp³-hybridized carbons (Fsp3) is 0.375. The number of carbonyl (C=O) groups is 2. The molecule has 0 saturated carbocycles. The SMILES string of the molecule is O=C(NCCCn1ccc2ccccc21)[C@H]1CCC(=O)N(CCc2ccccn2)C1. The Morgan fingerprint density at radius 3 is 2.83 bits per heavy atom. The maximum absolute atomic E-state index is 12.6. The van der Waals surface area contributed by atoms with Gasteiger partial charge in [0, 0.05) is 62.6 Å². The minimum atomic E-state index is -0.126. The number of pyridine rings is 1. The first-order valence-corrected chi connectivity index (χ1v) is 10.7. The first-order valence-electron chi connectivity index (χ1n) is 10.7. The molecule has 0 aliphatic carbocycles. The number of rotatable bonds is 8. The number of nitrogens with zero attached hydrogens (tertiary/aromatic N) is 3. The molecule has 0 radical (unpaired) electrons. The van der Waals surface area contributed by atoms with E-state index in [9.17, 15) is 9.59 Å². The summed E-state index contributed by atoms with van der Waals surface area (Å²) in [5.74, 6) is 0.0657. The van der Waals surface area contributed by atoms with Gasteiger partial charge in [0.25, 0.3) is 0 Å². The standard InChI is InChI=1S/C24H28N4O2/c29-23-10-9-20(18-28(23)17-12-21-7-3-4-13-25-21)24(30)26-14-5-15-27-16-11-19-6-1-2-8-22(19)27/h1-4,6-8,11,13,16,20H,5,9-10,12,14-15,17-18H2,(H,26,30)/t20-/m0/s1. The van der Waals surface area contributed by atoms with Gasteiger partial charge in [-0.25, -0.2) is 0 Å². The smallest absolute Gasteiger partial charge is 0.224 e. The zero-order chi connectivity index (χ0) is 20.8. The summed E-state index contributed by atoms with van der Waals surface area (Å²) < 4.78 is 2.22. The summed E-state index contributed by atoms with van der Waals surface area (Å²) in [6.07, 6.45) is 6.52. The van der Waals surface area contributed by atoms with Gasteiger partial charge in [0.15, 0.2) is 0 Å². The summed E-state index contributed by atoms with van der Waals surface area (Å²) in [6, 6.07) is 16.2. The first-order chi connectivity index (χ1) is 14.7. The zero-order valence-electron chi connectivity index (χ0n) is 17.2. The molecular formula is C24H28N4O2. The summed E-state index contributed by atoms with van der Waals surface area (Å²) in [6.45, 7) is 2.62. The predicted molar refractivity (Wildman–Crippen MR) is 117 cm³/mol. The van der Waals surface area contributed by atoms with Crippen molar-refractivity contribution in [3.63, 3.8) is 0 Å². The van der Waals surface area contributed by atoms with Crippen LogP contribution < -0.4 is 5.32 Å². The summed E-state index contributed by atoms with van der Waals surface area (Å²) in [5, 5.41) is 4.30. The van der Waals surface area contributed by atoms with Crippen molar-refractivity contribution < 1.29 is 9.59 Å². The van der Waals surface area contributed by atoms with Crippen LogP contribution in [-0.2, 0) is 22.6 Å². The van der Waals surface area contributed by atoms with Crippen molar-refractivity contribution in [3.05, 3.63) is 66.6 Å². The summed E-state index contributed by atoms with van der Waals surface area (Å²) >= 11 is 0. The van der Waals surface area contributed by atoms with Gasteiger partial charge in [-0.05, 0) is 42.5 Å². The van der Waals surface area contributed by atoms with Crippen LogP contribution in [0, 0.1) is 5.92 Å². The number of benzene rings is 1. The summed E-state index contributed by atoms with van der Waals surface area (Å²) in [5.41, 5.74) is 2.19. The average molecular weight is 405 g/mol. The molecule has 2 amide bonds. The Morgan fingerprint density at radius 2 is 1.97 bits per heavy atom. The van der Waals surface area contributed by atoms with Crippen molar-refractivity contribution in [1.82, 2.24) is 19.8 Å². The van der Waals surface area contributed by atoms with Crippen molar-refractivity contribution in [3.8, 4) is 0 Å². The number of para-hydroxylation sites is 1. The number of nitrogens with one attached hydrogen (secondary N) is 1. The normalized spacial score (nSPS) is 16.7. The molecule has 156 valence electrons. The molecule has 1 aromatic carbocycles. The lowest BCUT2D eigenvalue weighted by molar-refractivity contribution is -0.138. The topological polar surface area (TPSA) is 67.2 Å². The number of likely N-dealkylation sites (tertiary alicyclic amines) is 1. The lowest BCUT2D eigenvalue weighted by Gasteiger charge is -2.32. The van der Waals surface area contributed by atoms with Crippen molar-refractivity contribution in [2.24, 2.45) is 5.92 Å². The van der Waals surface area contributed by atoms with Crippen molar-refractivity contribution in [1.29, 1.82) is 0 Å². The molecule has 0 bridgehead atoms. The summed E-state index contributed by atoms with van der Waals surface area (Å²) in [7, 11) is 0. The molecule has 1 saturated heterocycles. The third-order valence-corrected chi connectivity index (χ3v) is 5.79. The first kappa shape index (κ1) is 20.1. The van der Waals surface area contributed by atoms with Crippen LogP contribution in [-0.4, -0.2) is 45.9 Å². The highest BCUT2D eigenvalue weighted by Gasteiger charge is 2.29. The van der Waals surface area contributed by atoms with E-state index in [1.165, 1.54) is 10.9 Å². The molecule has 3 aromatic rings. The van der Waals surface area contributed by atoms with E-state index >= 15 is 0 Å². The Bertz CT molecular complexity index is 999. The van der Waals surface area contributed by atoms with Crippen LogP contribution in [0.2, 0.25) is 0 Å². The number of amides is 2. The number of aromatic nitrogens is 2. The Balaban J connectivity index is 1.22. The third kappa shape index (κ3) is 4.87. The largest absolute Gasteiger partial charge is 0.356 e. The van der Waals surface area contributed by atoms with Gasteiger partial charge >= 0.3 is 0 Å². The van der Waals surface area contributed by atoms with Crippen LogP contribution in [0.3, 0.4) is 0 Å². The van der Waals surface area contributed by atoms with E-state index in [-0.39, 0.29) is 17.7 Å². The van der Waals surface area contributed by atoms with E-state index in [0.29, 0.717) is 38.9 Å². The molecule has 0 unspecified atom stereocenters. The van der Waals surface area contributed by atoms with Crippen molar-refractivity contribution in [2.75, 3.05) is 19.6 Å². The van der Waals surface area contributed by atoms with E-state index in [2.05, 4.69) is 39.3 Å². The molecule has 0 spiro atoms. The van der Waals surface area contributed by atoms with Crippen LogP contribution >= 0.6 is 0 Å². The van der Waals surface area contributed by atoms with E-state index in [1.807, 2.05) is 35.2 Å². The second-order valence-corrected chi connectivity index (χ2v) is 7.86. The number of fused-ring (bicyclic) bond motifs is 1. The van der Waals surface area contributed by atoms with Gasteiger partial charge in [-0.3, -0.25) is 14.6 Å². The van der Waals surface area contributed by atoms with Gasteiger partial charge in [0.05, 0.1) is 5.92 Å². The highest BCUT2D eigenvalue weighted by Crippen LogP contribution is 2.19. The molecule has 2 aromatic heterocycles. The monoisotopic (exact) mass is 404 g/mol. The Morgan fingerprint density at radius 1 is 1.10 bits per heavy atom. The Labute approximate surface area is 176 Å². The van der Waals surface area contributed by atoms with Gasteiger partial charge in [-0.2, -0.15) is 0 Å². The number of piperidine rings is 1. The number of hydrogen-bond donors (Lipinski definition) is 1. The molecule has 6 nitrogen and oxygen atoms in total. The maximum atomic E-state index is 12.6. The number of hydrogen-bond acceptors (Lipinski definition) is 3. The molecule has 4 rings (SSSR count). The van der Waals surface area contributed by atoms with Gasteiger partial charge in [-0.1, -0.05) is 24.3 Å². The Kier molecular flexibility index (Phi) is 6.42.